The molecule has 6 rings (SSSR count). The lowest BCUT2D eigenvalue weighted by Gasteiger charge is -2.37. The molecule has 1 atom stereocenters. The zero-order valence-electron chi connectivity index (χ0n) is 22.9. The Balaban J connectivity index is 1.07. The van der Waals surface area contributed by atoms with Gasteiger partial charge in [-0.1, -0.05) is 71.2 Å². The van der Waals surface area contributed by atoms with Crippen LogP contribution in [0.1, 0.15) is 0 Å². The number of benzene rings is 4. The fourth-order valence-corrected chi connectivity index (χ4v) is 5.96. The average molecular weight is 619 g/mol. The molecule has 8 heteroatoms. The Labute approximate surface area is 260 Å². The Hall–Kier alpha value is -3.32. The molecule has 4 aromatic carbocycles. The molecule has 1 aliphatic rings. The van der Waals surface area contributed by atoms with E-state index >= 15 is 0 Å². The van der Waals surface area contributed by atoms with Crippen LogP contribution >= 0.6 is 34.8 Å². The van der Waals surface area contributed by atoms with Crippen molar-refractivity contribution in [3.8, 4) is 28.1 Å². The smallest absolute Gasteiger partial charge is 0.119 e. The maximum Gasteiger partial charge on any atom is 0.119 e. The quantitative estimate of drug-likeness (QED) is 0.190. The average Bonchev–Trinajstić information content (AvgIpc) is 3.02. The van der Waals surface area contributed by atoms with Crippen molar-refractivity contribution >= 4 is 51.4 Å². The number of hydrogen-bond donors (Lipinski definition) is 1. The number of anilines is 1. The molecule has 1 aromatic heterocycles. The number of rotatable bonds is 8. The van der Waals surface area contributed by atoms with E-state index in [2.05, 4.69) is 28.0 Å². The Morgan fingerprint density at radius 1 is 0.786 bits per heavy atom. The number of ether oxygens (including phenoxy) is 1. The summed E-state index contributed by atoms with van der Waals surface area (Å²) in [4.78, 5) is 9.39. The predicted molar refractivity (Wildman–Crippen MR) is 174 cm³/mol. The van der Waals surface area contributed by atoms with Crippen LogP contribution in [0.3, 0.4) is 0 Å². The summed E-state index contributed by atoms with van der Waals surface area (Å²) in [5.41, 5.74) is 5.88. The zero-order valence-corrected chi connectivity index (χ0v) is 25.2. The van der Waals surface area contributed by atoms with Crippen LogP contribution in [0.15, 0.2) is 97.1 Å². The molecular formula is C34H30Cl3N3O2. The molecule has 0 aliphatic carbocycles. The third kappa shape index (κ3) is 6.51. The van der Waals surface area contributed by atoms with Crippen LogP contribution < -0.4 is 9.64 Å². The van der Waals surface area contributed by atoms with Crippen LogP contribution in [0.25, 0.3) is 33.3 Å². The number of piperazine rings is 1. The van der Waals surface area contributed by atoms with Crippen molar-refractivity contribution < 1.29 is 9.84 Å². The number of aliphatic hydroxyl groups excluding tert-OH is 1. The Bertz CT molecular complexity index is 1670. The summed E-state index contributed by atoms with van der Waals surface area (Å²) in [5.74, 6) is 0.703. The molecule has 1 fully saturated rings. The standard InChI is InChI=1S/C34H30Cl3N3O2/c35-25-11-14-31-29(19-25)28(23-5-2-1-3-6-23)20-32(38-31)24-9-12-27(13-10-24)42-22-26(41)21-39-15-17-40(18-16-39)33-8-4-7-30(36)34(33)37/h1-14,19-20,26,41H,15-18,21-22H2. The predicted octanol–water partition coefficient (Wildman–Crippen LogP) is 8.09. The highest BCUT2D eigenvalue weighted by atomic mass is 35.5. The molecule has 1 N–H and O–H groups in total. The number of fused-ring (bicyclic) bond motifs is 1. The first-order valence-electron chi connectivity index (χ1n) is 13.9. The number of aromatic nitrogens is 1. The van der Waals surface area contributed by atoms with Gasteiger partial charge >= 0.3 is 0 Å². The monoisotopic (exact) mass is 617 g/mol. The van der Waals surface area contributed by atoms with Crippen molar-refractivity contribution in [2.24, 2.45) is 0 Å². The molecule has 42 heavy (non-hydrogen) atoms. The fraction of sp³-hybridized carbons (Fsp3) is 0.206. The Kier molecular flexibility index (Phi) is 8.84. The van der Waals surface area contributed by atoms with Crippen molar-refractivity contribution in [2.75, 3.05) is 44.2 Å². The molecule has 2 heterocycles. The molecule has 0 amide bonds. The minimum absolute atomic E-state index is 0.215. The maximum atomic E-state index is 10.7. The van der Waals surface area contributed by atoms with E-state index in [9.17, 15) is 5.11 Å². The van der Waals surface area contributed by atoms with Gasteiger partial charge in [-0.15, -0.1) is 0 Å². The largest absolute Gasteiger partial charge is 0.491 e. The number of halogens is 3. The van der Waals surface area contributed by atoms with Crippen molar-refractivity contribution in [1.82, 2.24) is 9.88 Å². The highest BCUT2D eigenvalue weighted by Crippen LogP contribution is 2.35. The van der Waals surface area contributed by atoms with Gasteiger partial charge in [0.15, 0.2) is 0 Å². The first kappa shape index (κ1) is 28.8. The Morgan fingerprint density at radius 3 is 2.31 bits per heavy atom. The number of aliphatic hydroxyl groups is 1. The molecule has 1 unspecified atom stereocenters. The molecular weight excluding hydrogens is 589 g/mol. The second-order valence-corrected chi connectivity index (χ2v) is 11.7. The number of β-amino-alcohol motifs (C(OH)–C–C–N with tert-alkyl or cyclic N) is 1. The van der Waals surface area contributed by atoms with Crippen molar-refractivity contribution in [1.29, 1.82) is 0 Å². The maximum absolute atomic E-state index is 10.7. The van der Waals surface area contributed by atoms with Gasteiger partial charge in [0.1, 0.15) is 18.5 Å². The lowest BCUT2D eigenvalue weighted by atomic mass is 9.98. The fourth-order valence-electron chi connectivity index (χ4n) is 5.38. The Morgan fingerprint density at radius 2 is 1.55 bits per heavy atom. The van der Waals surface area contributed by atoms with Crippen molar-refractivity contribution in [2.45, 2.75) is 6.10 Å². The molecule has 214 valence electrons. The van der Waals surface area contributed by atoms with E-state index in [1.54, 1.807) is 6.07 Å². The van der Waals surface area contributed by atoms with Crippen LogP contribution in [0, 0.1) is 0 Å². The highest BCUT2D eigenvalue weighted by molar-refractivity contribution is 6.43. The number of pyridine rings is 1. The second kappa shape index (κ2) is 12.9. The first-order chi connectivity index (χ1) is 20.4. The minimum atomic E-state index is -0.603. The third-order valence-corrected chi connectivity index (χ3v) is 8.61. The number of nitrogens with zero attached hydrogens (tertiary/aromatic N) is 3. The summed E-state index contributed by atoms with van der Waals surface area (Å²) in [7, 11) is 0. The molecule has 0 bridgehead atoms. The highest BCUT2D eigenvalue weighted by Gasteiger charge is 2.22. The van der Waals surface area contributed by atoms with Gasteiger partial charge in [0.05, 0.1) is 26.9 Å². The number of hydrogen-bond acceptors (Lipinski definition) is 5. The van der Waals surface area contributed by atoms with Crippen LogP contribution in [0.5, 0.6) is 5.75 Å². The lowest BCUT2D eigenvalue weighted by Crippen LogP contribution is -2.49. The second-order valence-electron chi connectivity index (χ2n) is 10.4. The summed E-state index contributed by atoms with van der Waals surface area (Å²) in [6.07, 6.45) is -0.603. The zero-order chi connectivity index (χ0) is 29.1. The molecule has 0 spiro atoms. The van der Waals surface area contributed by atoms with E-state index in [-0.39, 0.29) is 6.61 Å². The summed E-state index contributed by atoms with van der Waals surface area (Å²) in [6.45, 7) is 4.04. The van der Waals surface area contributed by atoms with Gasteiger partial charge in [-0.25, -0.2) is 4.98 Å². The van der Waals surface area contributed by atoms with Crippen LogP contribution in [0.4, 0.5) is 5.69 Å². The molecule has 1 saturated heterocycles. The van der Waals surface area contributed by atoms with Crippen LogP contribution in [-0.4, -0.2) is 60.4 Å². The van der Waals surface area contributed by atoms with E-state index in [1.807, 2.05) is 72.8 Å². The van der Waals surface area contributed by atoms with Gasteiger partial charge < -0.3 is 14.7 Å². The van der Waals surface area contributed by atoms with Gasteiger partial charge in [-0.2, -0.15) is 0 Å². The molecule has 5 nitrogen and oxygen atoms in total. The summed E-state index contributed by atoms with van der Waals surface area (Å²) in [5, 5.41) is 13.5. The minimum Gasteiger partial charge on any atom is -0.491 e. The summed E-state index contributed by atoms with van der Waals surface area (Å²) in [6, 6.07) is 31.7. The lowest BCUT2D eigenvalue weighted by molar-refractivity contribution is 0.0663. The summed E-state index contributed by atoms with van der Waals surface area (Å²) >= 11 is 18.9. The van der Waals surface area contributed by atoms with Crippen LogP contribution in [-0.2, 0) is 0 Å². The normalized spacial score (nSPS) is 14.7. The summed E-state index contributed by atoms with van der Waals surface area (Å²) < 4.78 is 5.94. The molecule has 1 aliphatic heterocycles. The first-order valence-corrected chi connectivity index (χ1v) is 15.1. The van der Waals surface area contributed by atoms with E-state index in [0.717, 1.165) is 65.2 Å². The van der Waals surface area contributed by atoms with Gasteiger partial charge in [0.2, 0.25) is 0 Å². The van der Waals surface area contributed by atoms with E-state index in [4.69, 9.17) is 44.5 Å². The topological polar surface area (TPSA) is 48.8 Å². The SMILES string of the molecule is OC(COc1ccc(-c2cc(-c3ccccc3)c3cc(Cl)ccc3n2)cc1)CN1CCN(c2cccc(Cl)c2Cl)CC1. The molecule has 5 aromatic rings. The van der Waals surface area contributed by atoms with Crippen molar-refractivity contribution in [3.63, 3.8) is 0 Å². The third-order valence-electron chi connectivity index (χ3n) is 7.56. The van der Waals surface area contributed by atoms with Gasteiger partial charge in [0.25, 0.3) is 0 Å². The molecule has 0 saturated carbocycles. The van der Waals surface area contributed by atoms with Crippen molar-refractivity contribution in [3.05, 3.63) is 112 Å². The molecule has 0 radical (unpaired) electrons. The van der Waals surface area contributed by atoms with E-state index in [1.165, 1.54) is 0 Å². The van der Waals surface area contributed by atoms with E-state index in [0.29, 0.717) is 27.4 Å². The van der Waals surface area contributed by atoms with Gasteiger partial charge in [-0.3, -0.25) is 4.90 Å². The van der Waals surface area contributed by atoms with Crippen LogP contribution in [0.2, 0.25) is 15.1 Å². The van der Waals surface area contributed by atoms with Gasteiger partial charge in [0, 0.05) is 48.7 Å². The van der Waals surface area contributed by atoms with E-state index < -0.39 is 6.10 Å². The van der Waals surface area contributed by atoms with Gasteiger partial charge in [-0.05, 0) is 71.8 Å².